The average molecular weight is 400 g/mol. The summed E-state index contributed by atoms with van der Waals surface area (Å²) in [6, 6.07) is 14.9. The normalized spacial score (nSPS) is 15.2. The first kappa shape index (κ1) is 19.3. The molecule has 1 atom stereocenters. The number of nitrogens with zero attached hydrogens (tertiary/aromatic N) is 3. The van der Waals surface area contributed by atoms with Crippen LogP contribution in [0.1, 0.15) is 28.3 Å². The van der Waals surface area contributed by atoms with Gasteiger partial charge in [-0.25, -0.2) is 0 Å². The van der Waals surface area contributed by atoms with Crippen LogP contribution in [0.25, 0.3) is 0 Å². The van der Waals surface area contributed by atoms with Crippen molar-refractivity contribution >= 4 is 0 Å². The molecular formula is C23H20N4O3. The fraction of sp³-hybridized carbons (Fsp3) is 0.174. The molecule has 1 aliphatic rings. The van der Waals surface area contributed by atoms with E-state index in [1.807, 2.05) is 31.2 Å². The highest BCUT2D eigenvalue weighted by Gasteiger charge is 2.34. The molecule has 7 nitrogen and oxygen atoms in total. The van der Waals surface area contributed by atoms with Gasteiger partial charge in [0, 0.05) is 24.2 Å². The Morgan fingerprint density at radius 3 is 2.83 bits per heavy atom. The topological polar surface area (TPSA) is 103 Å². The zero-order valence-electron chi connectivity index (χ0n) is 16.6. The van der Waals surface area contributed by atoms with E-state index in [0.717, 1.165) is 16.8 Å². The third-order valence-electron chi connectivity index (χ3n) is 5.18. The molecule has 0 fully saturated rings. The maximum atomic E-state index is 13.6. The van der Waals surface area contributed by atoms with Crippen LogP contribution in [-0.4, -0.2) is 16.7 Å². The predicted octanol–water partition coefficient (Wildman–Crippen LogP) is 2.83. The number of methoxy groups -OCH3 is 1. The predicted molar refractivity (Wildman–Crippen MR) is 111 cm³/mol. The second-order valence-electron chi connectivity index (χ2n) is 7.02. The van der Waals surface area contributed by atoms with E-state index in [-0.39, 0.29) is 17.0 Å². The molecule has 0 saturated carbocycles. The van der Waals surface area contributed by atoms with Gasteiger partial charge in [-0.15, -0.1) is 0 Å². The molecule has 1 aromatic carbocycles. The van der Waals surface area contributed by atoms with E-state index < -0.39 is 5.92 Å². The molecule has 3 aromatic rings. The van der Waals surface area contributed by atoms with E-state index in [4.69, 9.17) is 15.2 Å². The lowest BCUT2D eigenvalue weighted by molar-refractivity contribution is 0.388. The molecule has 0 radical (unpaired) electrons. The van der Waals surface area contributed by atoms with Gasteiger partial charge in [0.1, 0.15) is 23.1 Å². The van der Waals surface area contributed by atoms with Gasteiger partial charge < -0.3 is 19.8 Å². The van der Waals surface area contributed by atoms with Gasteiger partial charge >= 0.3 is 0 Å². The Morgan fingerprint density at radius 2 is 2.13 bits per heavy atom. The van der Waals surface area contributed by atoms with Crippen LogP contribution in [0.5, 0.6) is 11.5 Å². The quantitative estimate of drug-likeness (QED) is 0.722. The van der Waals surface area contributed by atoms with Gasteiger partial charge in [0.15, 0.2) is 0 Å². The molecule has 2 aromatic heterocycles. The summed E-state index contributed by atoms with van der Waals surface area (Å²) in [5.74, 6) is 0.340. The Kier molecular flexibility index (Phi) is 4.98. The lowest BCUT2D eigenvalue weighted by atomic mass is 9.84. The van der Waals surface area contributed by atoms with Gasteiger partial charge in [-0.05, 0) is 36.2 Å². The molecule has 1 aliphatic heterocycles. The number of aryl methyl sites for hydroxylation is 1. The minimum atomic E-state index is -0.651. The maximum absolute atomic E-state index is 13.6. The fourth-order valence-corrected chi connectivity index (χ4v) is 3.71. The standard InChI is InChI=1S/C23H20N4O3/c1-14-9-19-21(23(28)27(14)13-15-5-4-8-26-12-15)20(18(11-24)22(25)30-19)16-6-3-7-17(10-16)29-2/h3-10,12,20H,13,25H2,1-2H3/t20-/m1/s1. The van der Waals surface area contributed by atoms with Crippen LogP contribution in [0.2, 0.25) is 0 Å². The number of hydrogen-bond acceptors (Lipinski definition) is 6. The van der Waals surface area contributed by atoms with Crippen LogP contribution in [-0.2, 0) is 6.54 Å². The Balaban J connectivity index is 1.93. The number of rotatable bonds is 4. The van der Waals surface area contributed by atoms with Gasteiger partial charge in [0.05, 0.1) is 25.1 Å². The third kappa shape index (κ3) is 3.29. The van der Waals surface area contributed by atoms with Crippen molar-refractivity contribution in [3.05, 3.63) is 99.1 Å². The maximum Gasteiger partial charge on any atom is 0.259 e. The largest absolute Gasteiger partial charge is 0.497 e. The number of allylic oxidation sites excluding steroid dienone is 1. The van der Waals surface area contributed by atoms with Crippen molar-refractivity contribution in [1.29, 1.82) is 5.26 Å². The minimum Gasteiger partial charge on any atom is -0.497 e. The van der Waals surface area contributed by atoms with Gasteiger partial charge in [-0.2, -0.15) is 5.26 Å². The zero-order chi connectivity index (χ0) is 21.3. The first-order valence-electron chi connectivity index (χ1n) is 9.38. The van der Waals surface area contributed by atoms with Crippen molar-refractivity contribution in [1.82, 2.24) is 9.55 Å². The molecule has 0 unspecified atom stereocenters. The number of pyridine rings is 2. The molecule has 0 spiro atoms. The van der Waals surface area contributed by atoms with Crippen LogP contribution in [0.4, 0.5) is 0 Å². The molecule has 0 saturated heterocycles. The molecule has 2 N–H and O–H groups in total. The number of hydrogen-bond donors (Lipinski definition) is 1. The summed E-state index contributed by atoms with van der Waals surface area (Å²) in [6.07, 6.45) is 3.41. The summed E-state index contributed by atoms with van der Waals surface area (Å²) < 4.78 is 12.7. The molecule has 0 amide bonds. The lowest BCUT2D eigenvalue weighted by Gasteiger charge is -2.27. The Labute approximate surface area is 173 Å². The van der Waals surface area contributed by atoms with Gasteiger partial charge in [-0.1, -0.05) is 18.2 Å². The van der Waals surface area contributed by atoms with Crippen molar-refractivity contribution in [3.8, 4) is 17.6 Å². The molecule has 0 bridgehead atoms. The average Bonchev–Trinajstić information content (AvgIpc) is 2.76. The van der Waals surface area contributed by atoms with Crippen LogP contribution in [0, 0.1) is 18.3 Å². The first-order chi connectivity index (χ1) is 14.5. The monoisotopic (exact) mass is 400 g/mol. The number of benzene rings is 1. The van der Waals surface area contributed by atoms with Crippen LogP contribution in [0.3, 0.4) is 0 Å². The number of nitriles is 1. The summed E-state index contributed by atoms with van der Waals surface area (Å²) >= 11 is 0. The highest BCUT2D eigenvalue weighted by molar-refractivity contribution is 5.56. The number of ether oxygens (including phenoxy) is 2. The number of nitrogens with two attached hydrogens (primary N) is 1. The summed E-state index contributed by atoms with van der Waals surface area (Å²) in [5, 5.41) is 9.78. The number of aromatic nitrogens is 2. The van der Waals surface area contributed by atoms with E-state index in [2.05, 4.69) is 11.1 Å². The van der Waals surface area contributed by atoms with E-state index in [9.17, 15) is 10.1 Å². The molecule has 30 heavy (non-hydrogen) atoms. The number of fused-ring (bicyclic) bond motifs is 1. The Morgan fingerprint density at radius 1 is 1.30 bits per heavy atom. The second kappa shape index (κ2) is 7.76. The summed E-state index contributed by atoms with van der Waals surface area (Å²) in [5.41, 5.74) is 8.74. The van der Waals surface area contributed by atoms with Crippen LogP contribution >= 0.6 is 0 Å². The van der Waals surface area contributed by atoms with Gasteiger partial charge in [0.25, 0.3) is 5.56 Å². The SMILES string of the molecule is COc1cccc([C@@H]2C(C#N)=C(N)Oc3cc(C)n(Cc4cccnc4)c(=O)c32)c1. The third-order valence-corrected chi connectivity index (χ3v) is 5.18. The Hall–Kier alpha value is -4.05. The summed E-state index contributed by atoms with van der Waals surface area (Å²) in [6.45, 7) is 2.19. The molecular weight excluding hydrogens is 380 g/mol. The van der Waals surface area contributed by atoms with E-state index in [0.29, 0.717) is 23.6 Å². The minimum absolute atomic E-state index is 0.00151. The zero-order valence-corrected chi connectivity index (χ0v) is 16.6. The highest BCUT2D eigenvalue weighted by atomic mass is 16.5. The smallest absolute Gasteiger partial charge is 0.259 e. The van der Waals surface area contributed by atoms with Crippen molar-refractivity contribution in [2.45, 2.75) is 19.4 Å². The second-order valence-corrected chi connectivity index (χ2v) is 7.02. The van der Waals surface area contributed by atoms with E-state index in [1.54, 1.807) is 42.3 Å². The van der Waals surface area contributed by atoms with Crippen LogP contribution in [0.15, 0.2) is 71.1 Å². The van der Waals surface area contributed by atoms with Crippen molar-refractivity contribution < 1.29 is 9.47 Å². The molecule has 0 aliphatic carbocycles. The van der Waals surface area contributed by atoms with Gasteiger partial charge in [-0.3, -0.25) is 9.78 Å². The molecule has 4 rings (SSSR count). The summed E-state index contributed by atoms with van der Waals surface area (Å²) in [7, 11) is 1.57. The Bertz CT molecular complexity index is 1240. The fourth-order valence-electron chi connectivity index (χ4n) is 3.71. The van der Waals surface area contributed by atoms with E-state index in [1.165, 1.54) is 0 Å². The lowest BCUT2D eigenvalue weighted by Crippen LogP contribution is -2.33. The molecule has 7 heteroatoms. The summed E-state index contributed by atoms with van der Waals surface area (Å²) in [4.78, 5) is 17.7. The van der Waals surface area contributed by atoms with Crippen molar-refractivity contribution in [2.75, 3.05) is 7.11 Å². The van der Waals surface area contributed by atoms with Crippen LogP contribution < -0.4 is 20.8 Å². The first-order valence-corrected chi connectivity index (χ1v) is 9.38. The molecule has 150 valence electrons. The van der Waals surface area contributed by atoms with E-state index >= 15 is 0 Å². The van der Waals surface area contributed by atoms with Gasteiger partial charge in [0.2, 0.25) is 5.88 Å². The highest BCUT2D eigenvalue weighted by Crippen LogP contribution is 2.41. The molecule has 3 heterocycles. The van der Waals surface area contributed by atoms with Crippen molar-refractivity contribution in [2.24, 2.45) is 5.73 Å². The van der Waals surface area contributed by atoms with Crippen molar-refractivity contribution in [3.63, 3.8) is 0 Å².